The maximum absolute atomic E-state index is 12.6. The second-order valence-corrected chi connectivity index (χ2v) is 7.32. The molecule has 0 radical (unpaired) electrons. The van der Waals surface area contributed by atoms with Gasteiger partial charge in [0.05, 0.1) is 25.0 Å². The fourth-order valence-electron chi connectivity index (χ4n) is 3.80. The summed E-state index contributed by atoms with van der Waals surface area (Å²) in [6.07, 6.45) is 3.27. The first-order chi connectivity index (χ1) is 16.1. The normalized spacial score (nSPS) is 11.1. The highest BCUT2D eigenvalue weighted by molar-refractivity contribution is 6.03. The number of hydrogen-bond acceptors (Lipinski definition) is 5. The summed E-state index contributed by atoms with van der Waals surface area (Å²) in [6.45, 7) is 4.97. The van der Waals surface area contributed by atoms with Crippen molar-refractivity contribution in [3.63, 3.8) is 0 Å². The smallest absolute Gasteiger partial charge is 0.259 e. The first kappa shape index (κ1) is 21.9. The van der Waals surface area contributed by atoms with Gasteiger partial charge in [0.15, 0.2) is 0 Å². The Hall–Kier alpha value is -4.31. The monoisotopic (exact) mass is 440 g/mol. The maximum atomic E-state index is 12.6. The minimum atomic E-state index is -0.301. The Kier molecular flexibility index (Phi) is 6.56. The van der Waals surface area contributed by atoms with E-state index >= 15 is 0 Å². The molecule has 0 fully saturated rings. The third-order valence-electron chi connectivity index (χ3n) is 5.21. The van der Waals surface area contributed by atoms with Crippen LogP contribution < -0.4 is 14.9 Å². The number of hydrazone groups is 1. The Labute approximate surface area is 191 Å². The van der Waals surface area contributed by atoms with Crippen molar-refractivity contribution in [3.05, 3.63) is 71.9 Å². The molecule has 4 rings (SSSR count). The summed E-state index contributed by atoms with van der Waals surface area (Å²) in [4.78, 5) is 12.6. The van der Waals surface area contributed by atoms with Crippen LogP contribution in [0.25, 0.3) is 21.7 Å². The van der Waals surface area contributed by atoms with Crippen molar-refractivity contribution >= 4 is 33.8 Å². The summed E-state index contributed by atoms with van der Waals surface area (Å²) < 4.78 is 13.2. The number of para-hydroxylation sites is 1. The Bertz CT molecular complexity index is 1380. The van der Waals surface area contributed by atoms with Gasteiger partial charge in [0, 0.05) is 22.7 Å². The quantitative estimate of drug-likeness (QED) is 0.320. The van der Waals surface area contributed by atoms with Gasteiger partial charge < -0.3 is 14.0 Å². The summed E-state index contributed by atoms with van der Waals surface area (Å²) in [6, 6.07) is 19.4. The Morgan fingerprint density at radius 1 is 1.09 bits per heavy atom. The lowest BCUT2D eigenvalue weighted by atomic mass is 10.0. The number of carbonyl (C=O) groups excluding carboxylic acids is 1. The number of hydrogen-bond donors (Lipinski definition) is 1. The molecular formula is C26H24N4O3. The number of nitrogens with one attached hydrogen (secondary N) is 1. The fraction of sp³-hybridized carbons (Fsp3) is 0.192. The van der Waals surface area contributed by atoms with Crippen LogP contribution in [0.1, 0.15) is 25.0 Å². The van der Waals surface area contributed by atoms with Gasteiger partial charge >= 0.3 is 0 Å². The Morgan fingerprint density at radius 2 is 1.88 bits per heavy atom. The molecule has 0 aliphatic heterocycles. The van der Waals surface area contributed by atoms with E-state index < -0.39 is 0 Å². The third kappa shape index (κ3) is 4.65. The van der Waals surface area contributed by atoms with Gasteiger partial charge in [-0.1, -0.05) is 30.3 Å². The minimum Gasteiger partial charge on any atom is -0.494 e. The van der Waals surface area contributed by atoms with Gasteiger partial charge in [-0.2, -0.15) is 10.4 Å². The van der Waals surface area contributed by atoms with Crippen molar-refractivity contribution < 1.29 is 14.3 Å². The molecule has 1 amide bonds. The fourth-order valence-corrected chi connectivity index (χ4v) is 3.80. The zero-order valence-electron chi connectivity index (χ0n) is 18.5. The highest BCUT2D eigenvalue weighted by atomic mass is 16.5. The summed E-state index contributed by atoms with van der Waals surface area (Å²) >= 11 is 0. The van der Waals surface area contributed by atoms with Gasteiger partial charge in [-0.3, -0.25) is 4.79 Å². The Balaban J connectivity index is 1.58. The minimum absolute atomic E-state index is 0.0435. The summed E-state index contributed by atoms with van der Waals surface area (Å²) in [5, 5.41) is 16.3. The molecule has 7 nitrogen and oxygen atoms in total. The second-order valence-electron chi connectivity index (χ2n) is 7.32. The number of fused-ring (bicyclic) bond motifs is 2. The molecule has 0 aliphatic carbocycles. The molecule has 166 valence electrons. The van der Waals surface area contributed by atoms with E-state index in [-0.39, 0.29) is 12.5 Å². The molecule has 0 aliphatic rings. The van der Waals surface area contributed by atoms with Crippen molar-refractivity contribution in [2.75, 3.05) is 13.2 Å². The van der Waals surface area contributed by atoms with Crippen molar-refractivity contribution in [1.29, 1.82) is 5.26 Å². The van der Waals surface area contributed by atoms with Gasteiger partial charge in [0.2, 0.25) is 0 Å². The topological polar surface area (TPSA) is 88.6 Å². The van der Waals surface area contributed by atoms with E-state index in [4.69, 9.17) is 9.47 Å². The van der Waals surface area contributed by atoms with E-state index in [9.17, 15) is 10.1 Å². The summed E-state index contributed by atoms with van der Waals surface area (Å²) in [5.74, 6) is 1.13. The number of aromatic nitrogens is 1. The van der Waals surface area contributed by atoms with Crippen molar-refractivity contribution in [1.82, 2.24) is 9.99 Å². The summed E-state index contributed by atoms with van der Waals surface area (Å²) in [5.41, 5.74) is 4.70. The van der Waals surface area contributed by atoms with Crippen LogP contribution in [0.5, 0.6) is 11.5 Å². The van der Waals surface area contributed by atoms with Crippen LogP contribution in [-0.4, -0.2) is 29.9 Å². The van der Waals surface area contributed by atoms with E-state index in [2.05, 4.69) is 16.6 Å². The zero-order chi connectivity index (χ0) is 23.2. The van der Waals surface area contributed by atoms with Crippen LogP contribution in [-0.2, 0) is 11.3 Å². The first-order valence-electron chi connectivity index (χ1n) is 10.8. The molecule has 0 unspecified atom stereocenters. The molecule has 1 heterocycles. The lowest BCUT2D eigenvalue weighted by Crippen LogP contribution is -2.22. The van der Waals surface area contributed by atoms with E-state index in [0.717, 1.165) is 33.0 Å². The molecule has 0 saturated heterocycles. The largest absolute Gasteiger partial charge is 0.494 e. The van der Waals surface area contributed by atoms with Crippen LogP contribution in [0.15, 0.2) is 65.9 Å². The van der Waals surface area contributed by atoms with Gasteiger partial charge in [0.1, 0.15) is 24.1 Å². The van der Waals surface area contributed by atoms with Crippen LogP contribution in [0.2, 0.25) is 0 Å². The molecule has 4 aromatic rings. The Morgan fingerprint density at radius 3 is 2.67 bits per heavy atom. The molecule has 0 spiro atoms. The molecular weight excluding hydrogens is 416 g/mol. The van der Waals surface area contributed by atoms with Gasteiger partial charge in [-0.15, -0.1) is 0 Å². The van der Waals surface area contributed by atoms with Crippen LogP contribution >= 0.6 is 0 Å². The molecule has 0 bridgehead atoms. The number of carbonyl (C=O) groups is 1. The number of amides is 1. The lowest BCUT2D eigenvalue weighted by Gasteiger charge is -2.12. The van der Waals surface area contributed by atoms with Crippen LogP contribution in [0, 0.1) is 11.3 Å². The number of rotatable bonds is 8. The standard InChI is InChI=1S/C26H24N4O3/c1-3-32-20-11-9-18-10-12-25(33-4-2)23(22(18)13-20)15-28-29-26(31)17-30-16-19(14-27)21-7-5-6-8-24(21)30/h5-13,15-16H,3-4,17H2,1-2H3,(H,29,31)/b28-15+. The van der Waals surface area contributed by atoms with Crippen molar-refractivity contribution in [2.45, 2.75) is 20.4 Å². The molecule has 33 heavy (non-hydrogen) atoms. The predicted molar refractivity (Wildman–Crippen MR) is 129 cm³/mol. The highest BCUT2D eigenvalue weighted by Crippen LogP contribution is 2.30. The third-order valence-corrected chi connectivity index (χ3v) is 5.21. The SMILES string of the molecule is CCOc1ccc2ccc(OCC)c(/C=N/NC(=O)Cn3cc(C#N)c4ccccc43)c2c1. The van der Waals surface area contributed by atoms with E-state index in [1.165, 1.54) is 0 Å². The van der Waals surface area contributed by atoms with Crippen LogP contribution in [0.3, 0.4) is 0 Å². The molecule has 1 aromatic heterocycles. The molecule has 7 heteroatoms. The van der Waals surface area contributed by atoms with E-state index in [1.807, 2.05) is 68.4 Å². The van der Waals surface area contributed by atoms with Crippen molar-refractivity contribution in [2.24, 2.45) is 5.10 Å². The van der Waals surface area contributed by atoms with Crippen molar-refractivity contribution in [3.8, 4) is 17.6 Å². The van der Waals surface area contributed by atoms with Gasteiger partial charge in [-0.05, 0) is 48.9 Å². The van der Waals surface area contributed by atoms with Gasteiger partial charge in [-0.25, -0.2) is 5.43 Å². The number of benzene rings is 3. The van der Waals surface area contributed by atoms with E-state index in [1.54, 1.807) is 17.0 Å². The predicted octanol–water partition coefficient (Wildman–Crippen LogP) is 4.61. The highest BCUT2D eigenvalue weighted by Gasteiger charge is 2.11. The molecule has 3 aromatic carbocycles. The number of nitrogens with zero attached hydrogens (tertiary/aromatic N) is 3. The lowest BCUT2D eigenvalue weighted by molar-refractivity contribution is -0.121. The van der Waals surface area contributed by atoms with Crippen LogP contribution in [0.4, 0.5) is 0 Å². The summed E-state index contributed by atoms with van der Waals surface area (Å²) in [7, 11) is 0. The van der Waals surface area contributed by atoms with E-state index in [0.29, 0.717) is 24.5 Å². The zero-order valence-corrected chi connectivity index (χ0v) is 18.5. The average molecular weight is 441 g/mol. The number of nitriles is 1. The van der Waals surface area contributed by atoms with Gasteiger partial charge in [0.25, 0.3) is 5.91 Å². The molecule has 1 N–H and O–H groups in total. The average Bonchev–Trinajstić information content (AvgIpc) is 3.18. The maximum Gasteiger partial charge on any atom is 0.259 e. The number of ether oxygens (including phenoxy) is 2. The molecule has 0 saturated carbocycles. The second kappa shape index (κ2) is 9.88. The molecule has 0 atom stereocenters. The first-order valence-corrected chi connectivity index (χ1v) is 10.8.